The van der Waals surface area contributed by atoms with Crippen molar-refractivity contribution in [1.82, 2.24) is 10.6 Å². The van der Waals surface area contributed by atoms with Crippen molar-refractivity contribution in [2.24, 2.45) is 4.99 Å². The van der Waals surface area contributed by atoms with Crippen LogP contribution in [0.25, 0.3) is 0 Å². The Kier molecular flexibility index (Phi) is 9.11. The maximum absolute atomic E-state index is 13.5. The average molecular weight is 465 g/mol. The van der Waals surface area contributed by atoms with E-state index in [2.05, 4.69) is 15.6 Å². The van der Waals surface area contributed by atoms with Crippen molar-refractivity contribution < 1.29 is 17.9 Å². The standard InChI is InChI=1S/C17H18F3N3O.HI/c1-21-17(23-11-12-9-14(19)5-6-16(12)20)22-7-8-24-15-4-2-3-13(18)10-15;/h2-6,9-10H,7-8,11H2,1H3,(H2,21,22,23);1H. The Labute approximate surface area is 161 Å². The lowest BCUT2D eigenvalue weighted by molar-refractivity contribution is 0.320. The van der Waals surface area contributed by atoms with Crippen LogP contribution in [-0.2, 0) is 6.54 Å². The highest BCUT2D eigenvalue weighted by Gasteiger charge is 2.05. The summed E-state index contributed by atoms with van der Waals surface area (Å²) in [5.41, 5.74) is 0.203. The van der Waals surface area contributed by atoms with Gasteiger partial charge in [0.15, 0.2) is 5.96 Å². The van der Waals surface area contributed by atoms with E-state index < -0.39 is 11.6 Å². The van der Waals surface area contributed by atoms with Gasteiger partial charge in [-0.2, -0.15) is 0 Å². The molecule has 136 valence electrons. The van der Waals surface area contributed by atoms with Gasteiger partial charge in [-0.3, -0.25) is 4.99 Å². The zero-order valence-corrected chi connectivity index (χ0v) is 15.9. The Bertz CT molecular complexity index is 713. The summed E-state index contributed by atoms with van der Waals surface area (Å²) in [5.74, 6) is -0.508. The molecule has 0 saturated carbocycles. The molecular weight excluding hydrogens is 446 g/mol. The van der Waals surface area contributed by atoms with Crippen molar-refractivity contribution in [3.63, 3.8) is 0 Å². The van der Waals surface area contributed by atoms with Crippen LogP contribution in [0, 0.1) is 17.5 Å². The van der Waals surface area contributed by atoms with Crippen LogP contribution < -0.4 is 15.4 Å². The zero-order valence-electron chi connectivity index (χ0n) is 13.6. The average Bonchev–Trinajstić information content (AvgIpc) is 2.57. The minimum atomic E-state index is -0.500. The van der Waals surface area contributed by atoms with Crippen LogP contribution in [-0.4, -0.2) is 26.2 Å². The molecule has 0 aromatic heterocycles. The quantitative estimate of drug-likeness (QED) is 0.298. The first-order valence-corrected chi connectivity index (χ1v) is 7.35. The number of aliphatic imine (C=N–C) groups is 1. The molecular formula is C17H19F3IN3O. The maximum Gasteiger partial charge on any atom is 0.191 e. The van der Waals surface area contributed by atoms with Gasteiger partial charge in [-0.15, -0.1) is 24.0 Å². The maximum atomic E-state index is 13.5. The van der Waals surface area contributed by atoms with Crippen molar-refractivity contribution in [2.45, 2.75) is 6.54 Å². The Morgan fingerprint density at radius 3 is 2.52 bits per heavy atom. The van der Waals surface area contributed by atoms with Crippen molar-refractivity contribution in [3.05, 3.63) is 65.5 Å². The van der Waals surface area contributed by atoms with Gasteiger partial charge in [0.25, 0.3) is 0 Å². The van der Waals surface area contributed by atoms with E-state index in [0.29, 0.717) is 24.9 Å². The molecule has 2 aromatic carbocycles. The second-order valence-electron chi connectivity index (χ2n) is 4.89. The van der Waals surface area contributed by atoms with Gasteiger partial charge in [0.2, 0.25) is 0 Å². The van der Waals surface area contributed by atoms with Gasteiger partial charge in [0.05, 0.1) is 6.54 Å². The monoisotopic (exact) mass is 465 g/mol. The number of guanidine groups is 1. The highest BCUT2D eigenvalue weighted by Crippen LogP contribution is 2.11. The lowest BCUT2D eigenvalue weighted by Gasteiger charge is -2.13. The highest BCUT2D eigenvalue weighted by molar-refractivity contribution is 14.0. The molecule has 0 unspecified atom stereocenters. The number of hydrogen-bond acceptors (Lipinski definition) is 2. The number of benzene rings is 2. The van der Waals surface area contributed by atoms with Gasteiger partial charge in [-0.25, -0.2) is 13.2 Å². The molecule has 0 bridgehead atoms. The lowest BCUT2D eigenvalue weighted by atomic mass is 10.2. The Balaban J connectivity index is 0.00000312. The molecule has 4 nitrogen and oxygen atoms in total. The molecule has 0 heterocycles. The SMILES string of the molecule is CN=C(NCCOc1cccc(F)c1)NCc1cc(F)ccc1F.I. The minimum Gasteiger partial charge on any atom is -0.492 e. The number of nitrogens with one attached hydrogen (secondary N) is 2. The van der Waals surface area contributed by atoms with Gasteiger partial charge in [-0.1, -0.05) is 6.07 Å². The van der Waals surface area contributed by atoms with Gasteiger partial charge < -0.3 is 15.4 Å². The van der Waals surface area contributed by atoms with Crippen LogP contribution in [0.2, 0.25) is 0 Å². The Morgan fingerprint density at radius 2 is 1.80 bits per heavy atom. The fraction of sp³-hybridized carbons (Fsp3) is 0.235. The fourth-order valence-corrected chi connectivity index (χ4v) is 1.97. The van der Waals surface area contributed by atoms with Crippen molar-refractivity contribution in [2.75, 3.05) is 20.2 Å². The molecule has 2 N–H and O–H groups in total. The van der Waals surface area contributed by atoms with E-state index in [1.165, 1.54) is 12.1 Å². The number of ether oxygens (including phenoxy) is 1. The van der Waals surface area contributed by atoms with Crippen LogP contribution in [0.3, 0.4) is 0 Å². The van der Waals surface area contributed by atoms with Crippen LogP contribution in [0.15, 0.2) is 47.5 Å². The smallest absolute Gasteiger partial charge is 0.191 e. The lowest BCUT2D eigenvalue weighted by Crippen LogP contribution is -2.39. The van der Waals surface area contributed by atoms with Crippen molar-refractivity contribution in [1.29, 1.82) is 0 Å². The molecule has 0 atom stereocenters. The molecule has 0 saturated heterocycles. The summed E-state index contributed by atoms with van der Waals surface area (Å²) in [4.78, 5) is 3.98. The topological polar surface area (TPSA) is 45.7 Å². The van der Waals surface area contributed by atoms with E-state index in [9.17, 15) is 13.2 Å². The number of halogens is 4. The van der Waals surface area contributed by atoms with E-state index in [4.69, 9.17) is 4.74 Å². The van der Waals surface area contributed by atoms with Crippen LogP contribution >= 0.6 is 24.0 Å². The van der Waals surface area contributed by atoms with Gasteiger partial charge in [0.1, 0.15) is 29.8 Å². The predicted octanol–water partition coefficient (Wildman–Crippen LogP) is 3.47. The van der Waals surface area contributed by atoms with Crippen LogP contribution in [0.1, 0.15) is 5.56 Å². The molecule has 25 heavy (non-hydrogen) atoms. The van der Waals surface area contributed by atoms with Gasteiger partial charge in [0, 0.05) is 25.2 Å². The summed E-state index contributed by atoms with van der Waals surface area (Å²) < 4.78 is 45.0. The molecule has 0 fully saturated rings. The highest BCUT2D eigenvalue weighted by atomic mass is 127. The molecule has 0 radical (unpaired) electrons. The number of hydrogen-bond donors (Lipinski definition) is 2. The molecule has 2 aromatic rings. The molecule has 0 spiro atoms. The van der Waals surface area contributed by atoms with Crippen LogP contribution in [0.4, 0.5) is 13.2 Å². The normalized spacial score (nSPS) is 10.8. The molecule has 0 amide bonds. The third-order valence-electron chi connectivity index (χ3n) is 3.14. The third kappa shape index (κ3) is 7.20. The molecule has 0 aliphatic heterocycles. The summed E-state index contributed by atoms with van der Waals surface area (Å²) in [6.07, 6.45) is 0. The van der Waals surface area contributed by atoms with E-state index >= 15 is 0 Å². The summed E-state index contributed by atoms with van der Waals surface area (Å²) >= 11 is 0. The van der Waals surface area contributed by atoms with E-state index in [1.54, 1.807) is 19.2 Å². The second-order valence-corrected chi connectivity index (χ2v) is 4.89. The van der Waals surface area contributed by atoms with E-state index in [0.717, 1.165) is 18.2 Å². The van der Waals surface area contributed by atoms with Crippen LogP contribution in [0.5, 0.6) is 5.75 Å². The molecule has 0 aliphatic rings. The third-order valence-corrected chi connectivity index (χ3v) is 3.14. The van der Waals surface area contributed by atoms with E-state index in [1.807, 2.05) is 0 Å². The first-order valence-electron chi connectivity index (χ1n) is 7.35. The molecule has 0 aliphatic carbocycles. The summed E-state index contributed by atoms with van der Waals surface area (Å²) in [5, 5.41) is 5.84. The first kappa shape index (κ1) is 21.1. The van der Waals surface area contributed by atoms with Gasteiger partial charge >= 0.3 is 0 Å². The summed E-state index contributed by atoms with van der Waals surface area (Å²) in [6.45, 7) is 0.786. The minimum absolute atomic E-state index is 0. The second kappa shape index (κ2) is 10.8. The van der Waals surface area contributed by atoms with Gasteiger partial charge in [-0.05, 0) is 30.3 Å². The Hall–Kier alpha value is -1.97. The Morgan fingerprint density at radius 1 is 1.04 bits per heavy atom. The number of nitrogens with zero attached hydrogens (tertiary/aromatic N) is 1. The van der Waals surface area contributed by atoms with Crippen molar-refractivity contribution in [3.8, 4) is 5.75 Å². The molecule has 8 heteroatoms. The molecule has 2 rings (SSSR count). The summed E-state index contributed by atoms with van der Waals surface area (Å²) in [6, 6.07) is 9.12. The largest absolute Gasteiger partial charge is 0.492 e. The van der Waals surface area contributed by atoms with E-state index in [-0.39, 0.29) is 41.9 Å². The number of rotatable bonds is 6. The zero-order chi connectivity index (χ0) is 17.4. The fourth-order valence-electron chi connectivity index (χ4n) is 1.97. The van der Waals surface area contributed by atoms with Crippen molar-refractivity contribution >= 4 is 29.9 Å². The summed E-state index contributed by atoms with van der Waals surface area (Å²) in [7, 11) is 1.56. The first-order chi connectivity index (χ1) is 11.6. The predicted molar refractivity (Wildman–Crippen MR) is 102 cm³/mol.